The van der Waals surface area contributed by atoms with Gasteiger partial charge in [0.15, 0.2) is 0 Å². The summed E-state index contributed by atoms with van der Waals surface area (Å²) in [6.07, 6.45) is 2.94. The van der Waals surface area contributed by atoms with E-state index >= 15 is 0 Å². The highest BCUT2D eigenvalue weighted by molar-refractivity contribution is 4.88. The van der Waals surface area contributed by atoms with Crippen molar-refractivity contribution in [3.05, 3.63) is 0 Å². The third kappa shape index (κ3) is 3.43. The van der Waals surface area contributed by atoms with Crippen molar-refractivity contribution in [3.8, 4) is 0 Å². The van der Waals surface area contributed by atoms with Crippen molar-refractivity contribution in [1.29, 1.82) is 0 Å². The van der Waals surface area contributed by atoms with Crippen LogP contribution < -0.4 is 5.73 Å². The predicted octanol–water partition coefficient (Wildman–Crippen LogP) is 1.72. The number of rotatable bonds is 2. The molecule has 2 N–H and O–H groups in total. The number of ether oxygens (including phenoxy) is 1. The third-order valence-corrected chi connectivity index (χ3v) is 4.52. The van der Waals surface area contributed by atoms with Gasteiger partial charge in [0.2, 0.25) is 0 Å². The normalized spacial score (nSPS) is 44.8. The summed E-state index contributed by atoms with van der Waals surface area (Å²) in [6, 6.07) is 0.395. The van der Waals surface area contributed by atoms with Gasteiger partial charge in [0.05, 0.1) is 12.7 Å². The van der Waals surface area contributed by atoms with E-state index in [2.05, 4.69) is 25.7 Å². The Bertz CT molecular complexity index is 234. The zero-order valence-electron chi connectivity index (χ0n) is 11.6. The lowest BCUT2D eigenvalue weighted by atomic mass is 9.72. The summed E-state index contributed by atoms with van der Waals surface area (Å²) >= 11 is 0. The quantitative estimate of drug-likeness (QED) is 0.798. The van der Waals surface area contributed by atoms with Crippen molar-refractivity contribution < 1.29 is 4.74 Å². The van der Waals surface area contributed by atoms with E-state index in [1.807, 2.05) is 0 Å². The average molecular weight is 240 g/mol. The van der Waals surface area contributed by atoms with Crippen LogP contribution in [0.25, 0.3) is 0 Å². The van der Waals surface area contributed by atoms with Crippen LogP contribution in [0.1, 0.15) is 33.6 Å². The summed E-state index contributed by atoms with van der Waals surface area (Å²) in [5, 5.41) is 0. The van der Waals surface area contributed by atoms with Gasteiger partial charge in [-0.15, -0.1) is 0 Å². The fourth-order valence-corrected chi connectivity index (χ4v) is 3.64. The van der Waals surface area contributed by atoms with Gasteiger partial charge in [-0.05, 0) is 37.5 Å². The maximum absolute atomic E-state index is 6.35. The molecular formula is C14H28N2O. The van der Waals surface area contributed by atoms with Crippen LogP contribution in [0.2, 0.25) is 0 Å². The highest BCUT2D eigenvalue weighted by atomic mass is 16.5. The minimum absolute atomic E-state index is 0.387. The molecule has 3 heteroatoms. The molecule has 0 amide bonds. The van der Waals surface area contributed by atoms with Crippen LogP contribution in [0.5, 0.6) is 0 Å². The van der Waals surface area contributed by atoms with Crippen molar-refractivity contribution >= 4 is 0 Å². The van der Waals surface area contributed by atoms with E-state index in [0.29, 0.717) is 18.1 Å². The number of nitrogens with two attached hydrogens (primary N) is 1. The van der Waals surface area contributed by atoms with E-state index in [1.165, 1.54) is 19.4 Å². The first-order chi connectivity index (χ1) is 8.06. The van der Waals surface area contributed by atoms with Gasteiger partial charge in [-0.2, -0.15) is 0 Å². The van der Waals surface area contributed by atoms with Crippen LogP contribution in [-0.2, 0) is 4.74 Å². The maximum Gasteiger partial charge on any atom is 0.0674 e. The largest absolute Gasteiger partial charge is 0.376 e. The summed E-state index contributed by atoms with van der Waals surface area (Å²) in [5.41, 5.74) is 6.35. The zero-order chi connectivity index (χ0) is 12.4. The van der Waals surface area contributed by atoms with Crippen LogP contribution in [0, 0.1) is 17.8 Å². The lowest BCUT2D eigenvalue weighted by Crippen LogP contribution is -2.50. The Kier molecular flexibility index (Phi) is 4.45. The molecule has 0 bridgehead atoms. The Labute approximate surface area is 106 Å². The molecule has 1 heterocycles. The molecule has 2 rings (SSSR count). The Hall–Kier alpha value is -0.120. The van der Waals surface area contributed by atoms with Crippen LogP contribution in [-0.4, -0.2) is 43.3 Å². The van der Waals surface area contributed by atoms with Gasteiger partial charge >= 0.3 is 0 Å². The van der Waals surface area contributed by atoms with E-state index in [4.69, 9.17) is 10.5 Å². The molecule has 5 atom stereocenters. The molecule has 100 valence electrons. The standard InChI is InChI=1S/C14H28N2O/c1-10-6-11(2)13(14(15)7-10)9-16-4-5-17-12(3)8-16/h10-14H,4-9,15H2,1-3H3. The highest BCUT2D eigenvalue weighted by Gasteiger charge is 2.33. The van der Waals surface area contributed by atoms with Crippen molar-refractivity contribution in [1.82, 2.24) is 4.90 Å². The molecule has 17 heavy (non-hydrogen) atoms. The first kappa shape index (κ1) is 13.3. The second-order valence-electron chi connectivity index (χ2n) is 6.32. The van der Waals surface area contributed by atoms with E-state index in [-0.39, 0.29) is 0 Å². The van der Waals surface area contributed by atoms with Gasteiger partial charge in [0.1, 0.15) is 0 Å². The fraction of sp³-hybridized carbons (Fsp3) is 1.00. The molecule has 0 aromatic rings. The molecule has 2 aliphatic rings. The SMILES string of the molecule is CC1CC(C)C(CN2CCOC(C)C2)C(N)C1. The van der Waals surface area contributed by atoms with Crippen LogP contribution >= 0.6 is 0 Å². The molecule has 1 aliphatic carbocycles. The number of hydrogen-bond acceptors (Lipinski definition) is 3. The summed E-state index contributed by atoms with van der Waals surface area (Å²) < 4.78 is 5.60. The van der Waals surface area contributed by atoms with Gasteiger partial charge in [-0.3, -0.25) is 4.90 Å². The van der Waals surface area contributed by atoms with E-state index in [1.54, 1.807) is 0 Å². The molecule has 5 unspecified atom stereocenters. The number of hydrogen-bond donors (Lipinski definition) is 1. The van der Waals surface area contributed by atoms with Crippen LogP contribution in [0.4, 0.5) is 0 Å². The lowest BCUT2D eigenvalue weighted by Gasteiger charge is -2.42. The molecular weight excluding hydrogens is 212 g/mol. The molecule has 1 aliphatic heterocycles. The smallest absolute Gasteiger partial charge is 0.0674 e. The fourth-order valence-electron chi connectivity index (χ4n) is 3.64. The molecule has 2 fully saturated rings. The highest BCUT2D eigenvalue weighted by Crippen LogP contribution is 2.33. The van der Waals surface area contributed by atoms with Crippen molar-refractivity contribution in [2.24, 2.45) is 23.5 Å². The van der Waals surface area contributed by atoms with E-state index in [0.717, 1.165) is 31.5 Å². The topological polar surface area (TPSA) is 38.5 Å². The maximum atomic E-state index is 6.35. The summed E-state index contributed by atoms with van der Waals surface area (Å²) in [7, 11) is 0. The zero-order valence-corrected chi connectivity index (χ0v) is 11.6. The van der Waals surface area contributed by atoms with Crippen LogP contribution in [0.15, 0.2) is 0 Å². The molecule has 0 aromatic carbocycles. The number of morpholine rings is 1. The summed E-state index contributed by atoms with van der Waals surface area (Å²) in [6.45, 7) is 11.1. The van der Waals surface area contributed by atoms with Crippen molar-refractivity contribution in [2.45, 2.75) is 45.8 Å². The first-order valence-electron chi connectivity index (χ1n) is 7.15. The van der Waals surface area contributed by atoms with Gasteiger partial charge in [-0.25, -0.2) is 0 Å². The molecule has 1 saturated heterocycles. The minimum atomic E-state index is 0.387. The molecule has 3 nitrogen and oxygen atoms in total. The van der Waals surface area contributed by atoms with Crippen LogP contribution in [0.3, 0.4) is 0 Å². The van der Waals surface area contributed by atoms with Gasteiger partial charge in [0, 0.05) is 25.7 Å². The summed E-state index contributed by atoms with van der Waals surface area (Å²) in [5.74, 6) is 2.25. The van der Waals surface area contributed by atoms with E-state index in [9.17, 15) is 0 Å². The minimum Gasteiger partial charge on any atom is -0.376 e. The Balaban J connectivity index is 1.88. The molecule has 0 radical (unpaired) electrons. The number of nitrogens with zero attached hydrogens (tertiary/aromatic N) is 1. The van der Waals surface area contributed by atoms with Gasteiger partial charge < -0.3 is 10.5 Å². The third-order valence-electron chi connectivity index (χ3n) is 4.52. The second-order valence-corrected chi connectivity index (χ2v) is 6.32. The summed E-state index contributed by atoms with van der Waals surface area (Å²) in [4.78, 5) is 2.55. The molecule has 0 aromatic heterocycles. The lowest BCUT2D eigenvalue weighted by molar-refractivity contribution is -0.0304. The van der Waals surface area contributed by atoms with Gasteiger partial charge in [0.25, 0.3) is 0 Å². The van der Waals surface area contributed by atoms with Crippen molar-refractivity contribution in [2.75, 3.05) is 26.2 Å². The van der Waals surface area contributed by atoms with Gasteiger partial charge in [-0.1, -0.05) is 13.8 Å². The predicted molar refractivity (Wildman–Crippen MR) is 70.9 cm³/mol. The van der Waals surface area contributed by atoms with Crippen molar-refractivity contribution in [3.63, 3.8) is 0 Å². The monoisotopic (exact) mass is 240 g/mol. The Morgan fingerprint density at radius 1 is 1.24 bits per heavy atom. The first-order valence-corrected chi connectivity index (χ1v) is 7.15. The molecule has 0 spiro atoms. The van der Waals surface area contributed by atoms with E-state index < -0.39 is 0 Å². The second kappa shape index (κ2) is 5.68. The Morgan fingerprint density at radius 3 is 2.65 bits per heavy atom. The Morgan fingerprint density at radius 2 is 2.00 bits per heavy atom. The molecule has 1 saturated carbocycles. The average Bonchev–Trinajstić information content (AvgIpc) is 2.23.